The molecule has 0 atom stereocenters. The minimum Gasteiger partial charge on any atom is -0.398 e. The summed E-state index contributed by atoms with van der Waals surface area (Å²) >= 11 is 0. The molecule has 1 aliphatic carbocycles. The Labute approximate surface area is 93.7 Å². The molecule has 1 rings (SSSR count). The van der Waals surface area contributed by atoms with Gasteiger partial charge in [0.15, 0.2) is 0 Å². The van der Waals surface area contributed by atoms with Crippen LogP contribution in [-0.4, -0.2) is 0 Å². The summed E-state index contributed by atoms with van der Waals surface area (Å²) in [7, 11) is 0. The molecular weight excluding hydrogens is 182 g/mol. The molecule has 2 N–H and O–H groups in total. The van der Waals surface area contributed by atoms with Gasteiger partial charge in [0.1, 0.15) is 0 Å². The molecule has 1 aliphatic rings. The maximum atomic E-state index is 6.26. The first-order valence-corrected chi connectivity index (χ1v) is 5.97. The van der Waals surface area contributed by atoms with Crippen LogP contribution in [0.2, 0.25) is 0 Å². The smallest absolute Gasteiger partial charge is 0.0381 e. The van der Waals surface area contributed by atoms with Crippen LogP contribution >= 0.6 is 0 Å². The number of rotatable bonds is 4. The molecule has 0 saturated carbocycles. The second-order valence-corrected chi connectivity index (χ2v) is 4.32. The maximum absolute atomic E-state index is 6.26. The molecule has 0 unspecified atom stereocenters. The molecule has 0 saturated heterocycles. The summed E-state index contributed by atoms with van der Waals surface area (Å²) in [6, 6.07) is 0. The van der Waals surface area contributed by atoms with Crippen molar-refractivity contribution in [3.8, 4) is 0 Å². The second kappa shape index (κ2) is 5.20. The van der Waals surface area contributed by atoms with Crippen molar-refractivity contribution in [2.45, 2.75) is 52.9 Å². The third-order valence-corrected chi connectivity index (χ3v) is 3.35. The molecule has 0 aromatic carbocycles. The molecule has 84 valence electrons. The van der Waals surface area contributed by atoms with Crippen LogP contribution in [0.1, 0.15) is 52.9 Å². The van der Waals surface area contributed by atoms with Crippen LogP contribution in [0.25, 0.3) is 0 Å². The number of nitrogens with two attached hydrogens (primary N) is 1. The standard InChI is InChI=1S/C14H23N/c1-5-10(3)12(6-2)14(15)13-9-7-8-11(13)4/h3,5-9,15H2,1-2,4H3/b14-12+. The van der Waals surface area contributed by atoms with Crippen LogP contribution in [-0.2, 0) is 0 Å². The predicted molar refractivity (Wildman–Crippen MR) is 67.5 cm³/mol. The van der Waals surface area contributed by atoms with Crippen molar-refractivity contribution in [3.63, 3.8) is 0 Å². The van der Waals surface area contributed by atoms with Gasteiger partial charge in [-0.25, -0.2) is 0 Å². The molecule has 0 aliphatic heterocycles. The highest BCUT2D eigenvalue weighted by molar-refractivity contribution is 5.45. The summed E-state index contributed by atoms with van der Waals surface area (Å²) in [5, 5.41) is 0. The lowest BCUT2D eigenvalue weighted by Gasteiger charge is -2.13. The fraction of sp³-hybridized carbons (Fsp3) is 0.571. The first-order valence-electron chi connectivity index (χ1n) is 5.97. The van der Waals surface area contributed by atoms with Crippen LogP contribution in [0, 0.1) is 0 Å². The first-order chi connectivity index (χ1) is 7.11. The molecule has 0 radical (unpaired) electrons. The van der Waals surface area contributed by atoms with Crippen molar-refractivity contribution < 1.29 is 0 Å². The average Bonchev–Trinajstić information content (AvgIpc) is 2.65. The average molecular weight is 205 g/mol. The molecular formula is C14H23N. The number of hydrogen-bond donors (Lipinski definition) is 1. The third-order valence-electron chi connectivity index (χ3n) is 3.35. The summed E-state index contributed by atoms with van der Waals surface area (Å²) < 4.78 is 0. The summed E-state index contributed by atoms with van der Waals surface area (Å²) in [6.07, 6.45) is 5.62. The molecule has 0 aromatic rings. The zero-order valence-electron chi connectivity index (χ0n) is 10.3. The van der Waals surface area contributed by atoms with Gasteiger partial charge in [0, 0.05) is 5.70 Å². The van der Waals surface area contributed by atoms with Crippen molar-refractivity contribution in [2.75, 3.05) is 0 Å². The lowest BCUT2D eigenvalue weighted by Crippen LogP contribution is -2.06. The Morgan fingerprint density at radius 2 is 1.93 bits per heavy atom. The van der Waals surface area contributed by atoms with E-state index in [-0.39, 0.29) is 0 Å². The van der Waals surface area contributed by atoms with E-state index in [1.54, 1.807) is 0 Å². The van der Waals surface area contributed by atoms with Gasteiger partial charge in [0.05, 0.1) is 0 Å². The highest BCUT2D eigenvalue weighted by atomic mass is 14.6. The van der Waals surface area contributed by atoms with Gasteiger partial charge >= 0.3 is 0 Å². The predicted octanol–water partition coefficient (Wildman–Crippen LogP) is 4.08. The van der Waals surface area contributed by atoms with Gasteiger partial charge in [-0.3, -0.25) is 0 Å². The second-order valence-electron chi connectivity index (χ2n) is 4.32. The van der Waals surface area contributed by atoms with Crippen molar-refractivity contribution in [2.24, 2.45) is 5.73 Å². The summed E-state index contributed by atoms with van der Waals surface area (Å²) in [6.45, 7) is 10.6. The van der Waals surface area contributed by atoms with Crippen molar-refractivity contribution in [3.05, 3.63) is 34.6 Å². The maximum Gasteiger partial charge on any atom is 0.0381 e. The molecule has 0 fully saturated rings. The molecule has 0 aromatic heterocycles. The van der Waals surface area contributed by atoms with Crippen molar-refractivity contribution in [1.29, 1.82) is 0 Å². The summed E-state index contributed by atoms with van der Waals surface area (Å²) in [4.78, 5) is 0. The molecule has 1 heteroatoms. The Hall–Kier alpha value is -0.980. The van der Waals surface area contributed by atoms with Gasteiger partial charge < -0.3 is 5.73 Å². The zero-order valence-corrected chi connectivity index (χ0v) is 10.3. The monoisotopic (exact) mass is 205 g/mol. The van der Waals surface area contributed by atoms with Gasteiger partial charge in [-0.15, -0.1) is 0 Å². The molecule has 15 heavy (non-hydrogen) atoms. The largest absolute Gasteiger partial charge is 0.398 e. The van der Waals surface area contributed by atoms with Crippen molar-refractivity contribution >= 4 is 0 Å². The molecule has 0 bridgehead atoms. The van der Waals surface area contributed by atoms with E-state index in [2.05, 4.69) is 27.4 Å². The topological polar surface area (TPSA) is 26.0 Å². The van der Waals surface area contributed by atoms with E-state index in [0.717, 1.165) is 25.0 Å². The van der Waals surface area contributed by atoms with Crippen LogP contribution < -0.4 is 5.73 Å². The normalized spacial score (nSPS) is 18.1. The number of allylic oxidation sites excluding steroid dienone is 4. The fourth-order valence-corrected chi connectivity index (χ4v) is 2.29. The Bertz CT molecular complexity index is 318. The lowest BCUT2D eigenvalue weighted by atomic mass is 9.96. The van der Waals surface area contributed by atoms with Gasteiger partial charge in [-0.2, -0.15) is 0 Å². The SMILES string of the molecule is C=C(CC)/C(CC)=C(/N)C1=C(C)CCC1. The number of hydrogen-bond acceptors (Lipinski definition) is 1. The Kier molecular flexibility index (Phi) is 4.19. The van der Waals surface area contributed by atoms with E-state index in [1.807, 2.05) is 0 Å². The Morgan fingerprint density at radius 3 is 2.33 bits per heavy atom. The molecule has 1 nitrogen and oxygen atoms in total. The zero-order chi connectivity index (χ0) is 11.4. The van der Waals surface area contributed by atoms with E-state index in [9.17, 15) is 0 Å². The molecule has 0 amide bonds. The van der Waals surface area contributed by atoms with E-state index in [0.29, 0.717) is 0 Å². The Balaban J connectivity index is 3.05. The Morgan fingerprint density at radius 1 is 1.27 bits per heavy atom. The van der Waals surface area contributed by atoms with Crippen LogP contribution in [0.4, 0.5) is 0 Å². The van der Waals surface area contributed by atoms with Gasteiger partial charge in [-0.1, -0.05) is 31.6 Å². The van der Waals surface area contributed by atoms with Gasteiger partial charge in [0.2, 0.25) is 0 Å². The summed E-state index contributed by atoms with van der Waals surface area (Å²) in [5.41, 5.74) is 12.6. The third kappa shape index (κ3) is 2.53. The highest BCUT2D eigenvalue weighted by Gasteiger charge is 2.16. The van der Waals surface area contributed by atoms with Gasteiger partial charge in [0.25, 0.3) is 0 Å². The minimum atomic E-state index is 0.995. The lowest BCUT2D eigenvalue weighted by molar-refractivity contribution is 0.888. The minimum absolute atomic E-state index is 0.995. The van der Waals surface area contributed by atoms with Crippen LogP contribution in [0.5, 0.6) is 0 Å². The summed E-state index contributed by atoms with van der Waals surface area (Å²) in [5.74, 6) is 0. The van der Waals surface area contributed by atoms with Crippen molar-refractivity contribution in [1.82, 2.24) is 0 Å². The quantitative estimate of drug-likeness (QED) is 0.688. The highest BCUT2D eigenvalue weighted by Crippen LogP contribution is 2.32. The fourth-order valence-electron chi connectivity index (χ4n) is 2.29. The van der Waals surface area contributed by atoms with E-state index >= 15 is 0 Å². The van der Waals surface area contributed by atoms with E-state index < -0.39 is 0 Å². The molecule has 0 spiro atoms. The molecule has 0 heterocycles. The van der Waals surface area contributed by atoms with E-state index in [1.165, 1.54) is 35.1 Å². The first kappa shape index (κ1) is 12.1. The van der Waals surface area contributed by atoms with E-state index in [4.69, 9.17) is 5.73 Å². The van der Waals surface area contributed by atoms with Gasteiger partial charge in [-0.05, 0) is 50.2 Å². The van der Waals surface area contributed by atoms with Crippen LogP contribution in [0.3, 0.4) is 0 Å². The van der Waals surface area contributed by atoms with Crippen LogP contribution in [0.15, 0.2) is 34.6 Å².